The normalized spacial score (nSPS) is 33.3. The summed E-state index contributed by atoms with van der Waals surface area (Å²) in [7, 11) is 0. The number of rotatable bonds is 0. The molecule has 0 aromatic heterocycles. The van der Waals surface area contributed by atoms with E-state index in [0.717, 1.165) is 5.92 Å². The molecule has 15 heavy (non-hydrogen) atoms. The van der Waals surface area contributed by atoms with Gasteiger partial charge < -0.3 is 0 Å². The standard InChI is InChI=1S/C15H18/c1-12-11-13-7-3-4-8-14(13)15(12)9-5-2-6-10-15/h2-5,7-8,12H,6,9-11H2,1H3. The molecular weight excluding hydrogens is 180 g/mol. The zero-order chi connectivity index (χ0) is 10.3. The van der Waals surface area contributed by atoms with Crippen LogP contribution in [-0.4, -0.2) is 0 Å². The molecule has 1 aromatic carbocycles. The SMILES string of the molecule is CC1Cc2ccccc2C12CC=CCC2. The van der Waals surface area contributed by atoms with E-state index < -0.39 is 0 Å². The van der Waals surface area contributed by atoms with Gasteiger partial charge in [0.05, 0.1) is 0 Å². The molecule has 0 saturated carbocycles. The number of allylic oxidation sites excluding steroid dienone is 2. The molecule has 0 heterocycles. The summed E-state index contributed by atoms with van der Waals surface area (Å²) in [5.74, 6) is 0.819. The van der Waals surface area contributed by atoms with E-state index in [1.807, 2.05) is 0 Å². The van der Waals surface area contributed by atoms with E-state index in [9.17, 15) is 0 Å². The van der Waals surface area contributed by atoms with Gasteiger partial charge in [0, 0.05) is 5.41 Å². The molecule has 1 spiro atoms. The zero-order valence-electron chi connectivity index (χ0n) is 9.37. The van der Waals surface area contributed by atoms with Gasteiger partial charge in [-0.05, 0) is 42.7 Å². The molecule has 0 bridgehead atoms. The molecule has 0 saturated heterocycles. The van der Waals surface area contributed by atoms with Crippen molar-refractivity contribution in [1.82, 2.24) is 0 Å². The van der Waals surface area contributed by atoms with E-state index in [0.29, 0.717) is 5.41 Å². The smallest absolute Gasteiger partial charge is 0.00219 e. The highest BCUT2D eigenvalue weighted by molar-refractivity contribution is 5.42. The lowest BCUT2D eigenvalue weighted by Crippen LogP contribution is -2.30. The van der Waals surface area contributed by atoms with Crippen molar-refractivity contribution in [2.45, 2.75) is 38.0 Å². The first-order valence-electron chi connectivity index (χ1n) is 6.06. The molecule has 2 aliphatic carbocycles. The fourth-order valence-corrected chi connectivity index (χ4v) is 3.52. The second kappa shape index (κ2) is 3.23. The molecule has 1 aromatic rings. The first kappa shape index (κ1) is 9.21. The number of benzene rings is 1. The fraction of sp³-hybridized carbons (Fsp3) is 0.467. The maximum atomic E-state index is 2.43. The van der Waals surface area contributed by atoms with E-state index in [1.54, 1.807) is 11.1 Å². The van der Waals surface area contributed by atoms with Crippen LogP contribution in [0.1, 0.15) is 37.3 Å². The second-order valence-corrected chi connectivity index (χ2v) is 5.13. The minimum absolute atomic E-state index is 0.478. The van der Waals surface area contributed by atoms with Crippen LogP contribution in [0.15, 0.2) is 36.4 Å². The highest BCUT2D eigenvalue weighted by Crippen LogP contribution is 2.50. The summed E-state index contributed by atoms with van der Waals surface area (Å²) in [5, 5.41) is 0. The van der Waals surface area contributed by atoms with Gasteiger partial charge in [-0.25, -0.2) is 0 Å². The zero-order valence-corrected chi connectivity index (χ0v) is 9.37. The largest absolute Gasteiger partial charge is 0.0885 e. The Morgan fingerprint density at radius 3 is 2.87 bits per heavy atom. The van der Waals surface area contributed by atoms with E-state index in [2.05, 4.69) is 43.3 Å². The lowest BCUT2D eigenvalue weighted by molar-refractivity contribution is 0.287. The van der Waals surface area contributed by atoms with Crippen molar-refractivity contribution in [3.8, 4) is 0 Å². The van der Waals surface area contributed by atoms with E-state index in [4.69, 9.17) is 0 Å². The van der Waals surface area contributed by atoms with Crippen LogP contribution < -0.4 is 0 Å². The van der Waals surface area contributed by atoms with Crippen molar-refractivity contribution in [1.29, 1.82) is 0 Å². The van der Waals surface area contributed by atoms with Crippen LogP contribution in [0.4, 0.5) is 0 Å². The van der Waals surface area contributed by atoms with Crippen LogP contribution in [-0.2, 0) is 11.8 Å². The Kier molecular flexibility index (Phi) is 1.98. The van der Waals surface area contributed by atoms with Crippen LogP contribution in [0, 0.1) is 5.92 Å². The van der Waals surface area contributed by atoms with Crippen LogP contribution in [0.3, 0.4) is 0 Å². The van der Waals surface area contributed by atoms with Crippen LogP contribution in [0.2, 0.25) is 0 Å². The average molecular weight is 198 g/mol. The molecule has 2 aliphatic rings. The minimum atomic E-state index is 0.478. The summed E-state index contributed by atoms with van der Waals surface area (Å²) in [6.07, 6.45) is 9.89. The Morgan fingerprint density at radius 2 is 2.07 bits per heavy atom. The highest BCUT2D eigenvalue weighted by Gasteiger charge is 2.43. The first-order chi connectivity index (χ1) is 7.33. The molecule has 2 unspecified atom stereocenters. The van der Waals surface area contributed by atoms with E-state index >= 15 is 0 Å². The molecule has 0 amide bonds. The summed E-state index contributed by atoms with van der Waals surface area (Å²) >= 11 is 0. The Morgan fingerprint density at radius 1 is 1.20 bits per heavy atom. The lowest BCUT2D eigenvalue weighted by Gasteiger charge is -2.36. The third kappa shape index (κ3) is 1.20. The molecule has 78 valence electrons. The Labute approximate surface area is 92.0 Å². The minimum Gasteiger partial charge on any atom is -0.0885 e. The quantitative estimate of drug-likeness (QED) is 0.555. The summed E-state index contributed by atoms with van der Waals surface area (Å²) < 4.78 is 0. The molecule has 2 atom stereocenters. The van der Waals surface area contributed by atoms with Gasteiger partial charge in [-0.3, -0.25) is 0 Å². The summed E-state index contributed by atoms with van der Waals surface area (Å²) in [5.41, 5.74) is 3.72. The predicted molar refractivity (Wildman–Crippen MR) is 64.0 cm³/mol. The Balaban J connectivity index is 2.12. The van der Waals surface area contributed by atoms with Crippen LogP contribution in [0.5, 0.6) is 0 Å². The van der Waals surface area contributed by atoms with Crippen molar-refractivity contribution in [3.63, 3.8) is 0 Å². The molecular formula is C15H18. The van der Waals surface area contributed by atoms with Crippen molar-refractivity contribution in [2.24, 2.45) is 5.92 Å². The van der Waals surface area contributed by atoms with Crippen molar-refractivity contribution in [2.75, 3.05) is 0 Å². The van der Waals surface area contributed by atoms with Crippen molar-refractivity contribution >= 4 is 0 Å². The monoisotopic (exact) mass is 198 g/mol. The average Bonchev–Trinajstić information content (AvgIpc) is 2.55. The summed E-state index contributed by atoms with van der Waals surface area (Å²) in [6.45, 7) is 2.43. The van der Waals surface area contributed by atoms with Crippen molar-refractivity contribution < 1.29 is 0 Å². The van der Waals surface area contributed by atoms with Gasteiger partial charge in [0.25, 0.3) is 0 Å². The molecule has 0 heteroatoms. The topological polar surface area (TPSA) is 0 Å². The molecule has 0 radical (unpaired) electrons. The second-order valence-electron chi connectivity index (χ2n) is 5.13. The van der Waals surface area contributed by atoms with E-state index in [1.165, 1.54) is 25.7 Å². The van der Waals surface area contributed by atoms with Crippen molar-refractivity contribution in [3.05, 3.63) is 47.5 Å². The van der Waals surface area contributed by atoms with E-state index in [-0.39, 0.29) is 0 Å². The molecule has 0 nitrogen and oxygen atoms in total. The fourth-order valence-electron chi connectivity index (χ4n) is 3.52. The predicted octanol–water partition coefficient (Wildman–Crippen LogP) is 3.86. The van der Waals surface area contributed by atoms with Gasteiger partial charge >= 0.3 is 0 Å². The Hall–Kier alpha value is -1.04. The van der Waals surface area contributed by atoms with Gasteiger partial charge in [-0.2, -0.15) is 0 Å². The van der Waals surface area contributed by atoms with Gasteiger partial charge in [0.2, 0.25) is 0 Å². The van der Waals surface area contributed by atoms with Gasteiger partial charge in [0.15, 0.2) is 0 Å². The maximum absolute atomic E-state index is 2.43. The van der Waals surface area contributed by atoms with Gasteiger partial charge in [0.1, 0.15) is 0 Å². The Bertz CT molecular complexity index is 402. The lowest BCUT2D eigenvalue weighted by atomic mass is 9.68. The van der Waals surface area contributed by atoms with Crippen LogP contribution in [0.25, 0.3) is 0 Å². The van der Waals surface area contributed by atoms with Gasteiger partial charge in [-0.15, -0.1) is 0 Å². The first-order valence-corrected chi connectivity index (χ1v) is 6.06. The molecule has 0 N–H and O–H groups in total. The molecule has 3 rings (SSSR count). The number of hydrogen-bond donors (Lipinski definition) is 0. The third-order valence-corrected chi connectivity index (χ3v) is 4.43. The highest BCUT2D eigenvalue weighted by atomic mass is 14.5. The molecule has 0 fully saturated rings. The maximum Gasteiger partial charge on any atom is 0.00219 e. The summed E-state index contributed by atoms with van der Waals surface area (Å²) in [4.78, 5) is 0. The molecule has 0 aliphatic heterocycles. The number of fused-ring (bicyclic) bond motifs is 2. The van der Waals surface area contributed by atoms with Gasteiger partial charge in [-0.1, -0.05) is 43.3 Å². The third-order valence-electron chi connectivity index (χ3n) is 4.43. The summed E-state index contributed by atoms with van der Waals surface area (Å²) in [6, 6.07) is 9.07. The van der Waals surface area contributed by atoms with Crippen LogP contribution >= 0.6 is 0 Å². The number of hydrogen-bond acceptors (Lipinski definition) is 0.